The third kappa shape index (κ3) is 3.19. The average molecular weight is 305 g/mol. The molecule has 3 aromatic rings. The first-order valence-electron chi connectivity index (χ1n) is 6.19. The number of rotatable bonds is 5. The molecule has 9 heteroatoms. The average Bonchev–Trinajstić information content (AvgIpc) is 3.05. The Kier molecular flexibility index (Phi) is 3.95. The number of pyridine rings is 1. The van der Waals surface area contributed by atoms with Crippen LogP contribution in [0.15, 0.2) is 41.2 Å². The van der Waals surface area contributed by atoms with E-state index in [1.807, 2.05) is 0 Å². The largest absolute Gasteiger partial charge is 0.457 e. The minimum atomic E-state index is -2.80. The molecule has 0 aliphatic carbocycles. The molecule has 0 amide bonds. The maximum atomic E-state index is 12.4. The van der Waals surface area contributed by atoms with Gasteiger partial charge in [0.2, 0.25) is 5.89 Å². The summed E-state index contributed by atoms with van der Waals surface area (Å²) in [6.07, 6.45) is 1.77. The Morgan fingerprint density at radius 3 is 2.55 bits per heavy atom. The van der Waals surface area contributed by atoms with Crippen molar-refractivity contribution in [2.24, 2.45) is 0 Å². The zero-order valence-electron chi connectivity index (χ0n) is 11.1. The lowest BCUT2D eigenvalue weighted by atomic mass is 10.2. The smallest absolute Gasteiger partial charge is 0.316 e. The standard InChI is InChI=1S/C13H9F2N5O2/c14-10(15)12-20-19-11(22-12)8-2-3-9(18-6-8)7-21-13-16-4-1-5-17-13/h1-6,10H,7H2. The molecule has 3 rings (SSSR count). The molecule has 3 aromatic heterocycles. The summed E-state index contributed by atoms with van der Waals surface area (Å²) in [7, 11) is 0. The lowest BCUT2D eigenvalue weighted by Gasteiger charge is -2.03. The Morgan fingerprint density at radius 1 is 1.09 bits per heavy atom. The van der Waals surface area contributed by atoms with Gasteiger partial charge in [-0.25, -0.2) is 9.97 Å². The Bertz CT molecular complexity index is 734. The van der Waals surface area contributed by atoms with Crippen molar-refractivity contribution in [3.8, 4) is 17.5 Å². The van der Waals surface area contributed by atoms with Gasteiger partial charge in [0.15, 0.2) is 0 Å². The van der Waals surface area contributed by atoms with Crippen molar-refractivity contribution < 1.29 is 17.9 Å². The highest BCUT2D eigenvalue weighted by atomic mass is 19.3. The highest BCUT2D eigenvalue weighted by molar-refractivity contribution is 5.50. The predicted octanol–water partition coefficient (Wildman–Crippen LogP) is 2.44. The van der Waals surface area contributed by atoms with E-state index in [0.29, 0.717) is 11.3 Å². The van der Waals surface area contributed by atoms with Gasteiger partial charge < -0.3 is 9.15 Å². The topological polar surface area (TPSA) is 86.8 Å². The molecule has 0 spiro atoms. The molecule has 3 heterocycles. The number of hydrogen-bond acceptors (Lipinski definition) is 7. The van der Waals surface area contributed by atoms with Crippen molar-refractivity contribution in [3.05, 3.63) is 48.4 Å². The minimum absolute atomic E-state index is 0.0124. The fraction of sp³-hybridized carbons (Fsp3) is 0.154. The van der Waals surface area contributed by atoms with Crippen LogP contribution < -0.4 is 4.74 Å². The normalized spacial score (nSPS) is 10.9. The minimum Gasteiger partial charge on any atom is -0.457 e. The van der Waals surface area contributed by atoms with Gasteiger partial charge in [-0.2, -0.15) is 8.78 Å². The maximum absolute atomic E-state index is 12.4. The van der Waals surface area contributed by atoms with Crippen molar-refractivity contribution in [2.75, 3.05) is 0 Å². The first-order chi connectivity index (χ1) is 10.7. The third-order valence-corrected chi connectivity index (χ3v) is 2.59. The van der Waals surface area contributed by atoms with Gasteiger partial charge in [-0.05, 0) is 18.2 Å². The SMILES string of the molecule is FC(F)c1nnc(-c2ccc(COc3ncccn3)nc2)o1. The number of hydrogen-bond donors (Lipinski definition) is 0. The van der Waals surface area contributed by atoms with Gasteiger partial charge in [-0.3, -0.25) is 4.98 Å². The van der Waals surface area contributed by atoms with Crippen LogP contribution in [0.5, 0.6) is 6.01 Å². The number of aromatic nitrogens is 5. The monoisotopic (exact) mass is 305 g/mol. The zero-order chi connectivity index (χ0) is 15.4. The van der Waals surface area contributed by atoms with Crippen molar-refractivity contribution in [1.82, 2.24) is 25.1 Å². The summed E-state index contributed by atoms with van der Waals surface area (Å²) in [5, 5.41) is 6.80. The van der Waals surface area contributed by atoms with E-state index >= 15 is 0 Å². The number of alkyl halides is 2. The molecular weight excluding hydrogens is 296 g/mol. The molecule has 22 heavy (non-hydrogen) atoms. The molecule has 0 saturated heterocycles. The van der Waals surface area contributed by atoms with Crippen molar-refractivity contribution >= 4 is 0 Å². The van der Waals surface area contributed by atoms with Crippen LogP contribution in [-0.4, -0.2) is 25.1 Å². The summed E-state index contributed by atoms with van der Waals surface area (Å²) in [6.45, 7) is 0.177. The third-order valence-electron chi connectivity index (χ3n) is 2.59. The van der Waals surface area contributed by atoms with Crippen LogP contribution in [0.25, 0.3) is 11.5 Å². The van der Waals surface area contributed by atoms with Gasteiger partial charge in [0.25, 0.3) is 5.89 Å². The Morgan fingerprint density at radius 2 is 1.91 bits per heavy atom. The predicted molar refractivity (Wildman–Crippen MR) is 68.9 cm³/mol. The fourth-order valence-corrected chi connectivity index (χ4v) is 1.57. The molecule has 0 bridgehead atoms. The van der Waals surface area contributed by atoms with E-state index < -0.39 is 12.3 Å². The summed E-state index contributed by atoms with van der Waals surface area (Å²) < 4.78 is 34.9. The van der Waals surface area contributed by atoms with Gasteiger partial charge >= 0.3 is 12.4 Å². The molecule has 0 saturated carbocycles. The first kappa shape index (κ1) is 14.0. The summed E-state index contributed by atoms with van der Waals surface area (Å²) in [5.41, 5.74) is 1.06. The Labute approximate surface area is 123 Å². The van der Waals surface area contributed by atoms with Crippen LogP contribution in [0.2, 0.25) is 0 Å². The fourth-order valence-electron chi connectivity index (χ4n) is 1.57. The number of ether oxygens (including phenoxy) is 1. The van der Waals surface area contributed by atoms with Crippen LogP contribution in [-0.2, 0) is 6.61 Å². The molecule has 0 aromatic carbocycles. The number of nitrogens with zero attached hydrogens (tertiary/aromatic N) is 5. The molecule has 7 nitrogen and oxygen atoms in total. The van der Waals surface area contributed by atoms with E-state index in [9.17, 15) is 8.78 Å². The van der Waals surface area contributed by atoms with Crippen LogP contribution >= 0.6 is 0 Å². The van der Waals surface area contributed by atoms with Crippen molar-refractivity contribution in [1.29, 1.82) is 0 Å². The highest BCUT2D eigenvalue weighted by Gasteiger charge is 2.17. The van der Waals surface area contributed by atoms with E-state index in [1.165, 1.54) is 6.20 Å². The molecule has 112 valence electrons. The van der Waals surface area contributed by atoms with Gasteiger partial charge in [0.05, 0.1) is 11.3 Å². The Hall–Kier alpha value is -2.97. The number of halogens is 2. The first-order valence-corrected chi connectivity index (χ1v) is 6.19. The van der Waals surface area contributed by atoms with E-state index in [1.54, 1.807) is 30.6 Å². The molecule has 0 atom stereocenters. The van der Waals surface area contributed by atoms with Gasteiger partial charge in [0, 0.05) is 18.6 Å². The maximum Gasteiger partial charge on any atom is 0.316 e. The molecule has 0 aliphatic heterocycles. The van der Waals surface area contributed by atoms with Gasteiger partial charge in [-0.1, -0.05) is 0 Å². The van der Waals surface area contributed by atoms with Gasteiger partial charge in [-0.15, -0.1) is 10.2 Å². The lowest BCUT2D eigenvalue weighted by Crippen LogP contribution is -2.00. The van der Waals surface area contributed by atoms with Crippen LogP contribution in [0.1, 0.15) is 18.0 Å². The summed E-state index contributed by atoms with van der Waals surface area (Å²) in [6, 6.07) is 5.20. The van der Waals surface area contributed by atoms with E-state index in [0.717, 1.165) is 0 Å². The molecular formula is C13H9F2N5O2. The van der Waals surface area contributed by atoms with E-state index in [-0.39, 0.29) is 18.5 Å². The molecule has 0 radical (unpaired) electrons. The zero-order valence-corrected chi connectivity index (χ0v) is 11.1. The second kappa shape index (κ2) is 6.20. The molecule has 0 unspecified atom stereocenters. The van der Waals surface area contributed by atoms with Crippen LogP contribution in [0, 0.1) is 0 Å². The van der Waals surface area contributed by atoms with Gasteiger partial charge in [0.1, 0.15) is 6.61 Å². The summed E-state index contributed by atoms with van der Waals surface area (Å²) >= 11 is 0. The second-order valence-electron chi connectivity index (χ2n) is 4.10. The van der Waals surface area contributed by atoms with E-state index in [2.05, 4.69) is 25.1 Å². The van der Waals surface area contributed by atoms with E-state index in [4.69, 9.17) is 9.15 Å². The molecule has 0 N–H and O–H groups in total. The van der Waals surface area contributed by atoms with Crippen molar-refractivity contribution in [3.63, 3.8) is 0 Å². The quantitative estimate of drug-likeness (QED) is 0.715. The Balaban J connectivity index is 1.67. The summed E-state index contributed by atoms with van der Waals surface area (Å²) in [5.74, 6) is -0.731. The highest BCUT2D eigenvalue weighted by Crippen LogP contribution is 2.22. The molecule has 0 fully saturated rings. The molecule has 0 aliphatic rings. The van der Waals surface area contributed by atoms with Crippen LogP contribution in [0.3, 0.4) is 0 Å². The second-order valence-corrected chi connectivity index (χ2v) is 4.10. The van der Waals surface area contributed by atoms with Crippen molar-refractivity contribution in [2.45, 2.75) is 13.0 Å². The van der Waals surface area contributed by atoms with Crippen LogP contribution in [0.4, 0.5) is 8.78 Å². The lowest BCUT2D eigenvalue weighted by molar-refractivity contribution is 0.116. The summed E-state index contributed by atoms with van der Waals surface area (Å²) in [4.78, 5) is 12.0.